The van der Waals surface area contributed by atoms with Crippen LogP contribution >= 0.6 is 11.8 Å². The summed E-state index contributed by atoms with van der Waals surface area (Å²) < 4.78 is 0. The lowest BCUT2D eigenvalue weighted by Gasteiger charge is -2.34. The number of hydrogen-bond acceptors (Lipinski definition) is 4. The van der Waals surface area contributed by atoms with Crippen LogP contribution in [0.3, 0.4) is 0 Å². The van der Waals surface area contributed by atoms with E-state index >= 15 is 0 Å². The quantitative estimate of drug-likeness (QED) is 0.747. The molecule has 3 rings (SSSR count). The monoisotopic (exact) mass is 351 g/mol. The van der Waals surface area contributed by atoms with Gasteiger partial charge in [-0.05, 0) is 57.3 Å². The zero-order valence-electron chi connectivity index (χ0n) is 15.2. The van der Waals surface area contributed by atoms with Crippen molar-refractivity contribution in [2.45, 2.75) is 82.2 Å². The van der Waals surface area contributed by atoms with E-state index in [2.05, 4.69) is 35.7 Å². The molecule has 3 aliphatic rings. The van der Waals surface area contributed by atoms with Gasteiger partial charge in [-0.25, -0.2) is 0 Å². The molecular formula is C19H33N3OS. The van der Waals surface area contributed by atoms with E-state index in [0.717, 1.165) is 6.54 Å². The average molecular weight is 352 g/mol. The predicted octanol–water partition coefficient (Wildman–Crippen LogP) is 3.10. The Morgan fingerprint density at radius 2 is 1.79 bits per heavy atom. The Labute approximate surface area is 151 Å². The molecule has 0 aromatic rings. The number of hydrazine groups is 1. The van der Waals surface area contributed by atoms with Crippen LogP contribution in [-0.4, -0.2) is 46.5 Å². The Hall–Kier alpha value is -0.520. The fraction of sp³-hybridized carbons (Fsp3) is 0.842. The van der Waals surface area contributed by atoms with Gasteiger partial charge in [0.2, 0.25) is 5.91 Å². The molecular weight excluding hydrogens is 318 g/mol. The maximum atomic E-state index is 13.0. The van der Waals surface area contributed by atoms with Crippen LogP contribution in [0.15, 0.2) is 12.2 Å². The van der Waals surface area contributed by atoms with Crippen molar-refractivity contribution in [1.29, 1.82) is 0 Å². The fourth-order valence-electron chi connectivity index (χ4n) is 4.41. The number of nitrogens with zero attached hydrogens (tertiary/aromatic N) is 1. The number of thioether (sulfide) groups is 1. The minimum Gasteiger partial charge on any atom is -0.332 e. The summed E-state index contributed by atoms with van der Waals surface area (Å²) in [6.45, 7) is 5.24. The second-order valence-corrected chi connectivity index (χ2v) is 9.15. The van der Waals surface area contributed by atoms with E-state index in [-0.39, 0.29) is 11.9 Å². The molecule has 2 saturated heterocycles. The fourth-order valence-corrected chi connectivity index (χ4v) is 5.68. The van der Waals surface area contributed by atoms with Crippen molar-refractivity contribution in [1.82, 2.24) is 15.8 Å². The molecule has 2 aliphatic heterocycles. The number of rotatable bonds is 5. The van der Waals surface area contributed by atoms with E-state index in [9.17, 15) is 4.79 Å². The number of carbonyl (C=O) groups excluding carboxylic acids is 1. The third kappa shape index (κ3) is 4.55. The van der Waals surface area contributed by atoms with Gasteiger partial charge in [0.1, 0.15) is 0 Å². The molecule has 0 aromatic carbocycles. The highest BCUT2D eigenvalue weighted by Gasteiger charge is 2.38. The maximum absolute atomic E-state index is 13.0. The van der Waals surface area contributed by atoms with Gasteiger partial charge in [0, 0.05) is 23.9 Å². The molecule has 0 aromatic heterocycles. The summed E-state index contributed by atoms with van der Waals surface area (Å²) in [5.74, 6) is 2.07. The molecule has 1 aliphatic carbocycles. The predicted molar refractivity (Wildman–Crippen MR) is 102 cm³/mol. The largest absolute Gasteiger partial charge is 0.332 e. The first kappa shape index (κ1) is 18.3. The highest BCUT2D eigenvalue weighted by Crippen LogP contribution is 2.29. The van der Waals surface area contributed by atoms with Gasteiger partial charge < -0.3 is 4.90 Å². The summed E-state index contributed by atoms with van der Waals surface area (Å²) in [4.78, 5) is 15.2. The van der Waals surface area contributed by atoms with Crippen LogP contribution in [0, 0.1) is 5.92 Å². The first-order valence-electron chi connectivity index (χ1n) is 9.76. The first-order valence-corrected chi connectivity index (χ1v) is 10.8. The minimum atomic E-state index is 0.210. The summed E-state index contributed by atoms with van der Waals surface area (Å²) in [5.41, 5.74) is 6.62. The van der Waals surface area contributed by atoms with Crippen LogP contribution in [0.2, 0.25) is 0 Å². The first-order chi connectivity index (χ1) is 11.6. The Kier molecular flexibility index (Phi) is 6.64. The summed E-state index contributed by atoms with van der Waals surface area (Å²) in [5, 5.41) is 0.608. The Morgan fingerprint density at radius 1 is 1.08 bits per heavy atom. The summed E-state index contributed by atoms with van der Waals surface area (Å²) >= 11 is 2.04. The van der Waals surface area contributed by atoms with Crippen LogP contribution in [0.5, 0.6) is 0 Å². The van der Waals surface area contributed by atoms with Crippen LogP contribution < -0.4 is 10.9 Å². The molecule has 0 radical (unpaired) electrons. The summed E-state index contributed by atoms with van der Waals surface area (Å²) in [6, 6.07) is 0.812. The second kappa shape index (κ2) is 8.72. The Bertz CT molecular complexity index is 434. The zero-order valence-corrected chi connectivity index (χ0v) is 16.0. The molecule has 1 saturated carbocycles. The number of allylic oxidation sites excluding steroid dienone is 1. The standard InChI is InChI=1S/C19H33N3OS/c1-14-19(15(2)21-20-14)22(13-17-9-6-12-24-17)18(23)11-10-16-7-4-3-5-8-16/h10-11,14-17,19-21H,3-9,12-13H2,1-2H3/b11-10+. The number of carbonyl (C=O) groups is 1. The van der Waals surface area contributed by atoms with E-state index in [1.165, 1.54) is 50.7 Å². The molecule has 136 valence electrons. The van der Waals surface area contributed by atoms with Gasteiger partial charge in [0.25, 0.3) is 0 Å². The van der Waals surface area contributed by atoms with Crippen molar-refractivity contribution in [2.75, 3.05) is 12.3 Å². The van der Waals surface area contributed by atoms with Gasteiger partial charge >= 0.3 is 0 Å². The molecule has 3 atom stereocenters. The highest BCUT2D eigenvalue weighted by atomic mass is 32.2. The molecule has 2 heterocycles. The number of nitrogens with one attached hydrogen (secondary N) is 2. The molecule has 3 fully saturated rings. The van der Waals surface area contributed by atoms with Gasteiger partial charge in [0.05, 0.1) is 6.04 Å². The Balaban J connectivity index is 1.67. The van der Waals surface area contributed by atoms with Crippen LogP contribution in [0.25, 0.3) is 0 Å². The van der Waals surface area contributed by atoms with Crippen molar-refractivity contribution >= 4 is 17.7 Å². The normalized spacial score (nSPS) is 34.9. The molecule has 0 spiro atoms. The van der Waals surface area contributed by atoms with Crippen LogP contribution in [0.1, 0.15) is 58.8 Å². The molecule has 4 nitrogen and oxygen atoms in total. The lowest BCUT2D eigenvalue weighted by Crippen LogP contribution is -2.51. The zero-order chi connectivity index (χ0) is 16.9. The topological polar surface area (TPSA) is 44.4 Å². The van der Waals surface area contributed by atoms with E-state index in [1.54, 1.807) is 0 Å². The van der Waals surface area contributed by atoms with Gasteiger partial charge in [-0.3, -0.25) is 15.6 Å². The van der Waals surface area contributed by atoms with E-state index < -0.39 is 0 Å². The van der Waals surface area contributed by atoms with Gasteiger partial charge in [-0.2, -0.15) is 11.8 Å². The smallest absolute Gasteiger partial charge is 0.246 e. The van der Waals surface area contributed by atoms with E-state index in [0.29, 0.717) is 23.3 Å². The molecule has 1 amide bonds. The third-order valence-corrected chi connectivity index (χ3v) is 7.17. The van der Waals surface area contributed by atoms with Gasteiger partial charge in [-0.1, -0.05) is 25.3 Å². The van der Waals surface area contributed by atoms with E-state index in [1.807, 2.05) is 17.8 Å². The Morgan fingerprint density at radius 3 is 2.42 bits per heavy atom. The molecule has 5 heteroatoms. The van der Waals surface area contributed by atoms with Crippen molar-refractivity contribution in [3.8, 4) is 0 Å². The molecule has 3 unspecified atom stereocenters. The SMILES string of the molecule is CC1NNC(C)C1N(CC1CCCS1)C(=O)/C=C/C1CCCCC1. The van der Waals surface area contributed by atoms with Gasteiger partial charge in [0.15, 0.2) is 0 Å². The highest BCUT2D eigenvalue weighted by molar-refractivity contribution is 8.00. The van der Waals surface area contributed by atoms with Crippen molar-refractivity contribution in [3.05, 3.63) is 12.2 Å². The number of hydrogen-bond donors (Lipinski definition) is 2. The van der Waals surface area contributed by atoms with Crippen molar-refractivity contribution < 1.29 is 4.79 Å². The third-order valence-electron chi connectivity index (χ3n) is 5.79. The minimum absolute atomic E-state index is 0.210. The maximum Gasteiger partial charge on any atom is 0.246 e. The summed E-state index contributed by atoms with van der Waals surface area (Å²) in [6.07, 6.45) is 13.1. The van der Waals surface area contributed by atoms with Crippen LogP contribution in [-0.2, 0) is 4.79 Å². The van der Waals surface area contributed by atoms with Crippen molar-refractivity contribution in [2.24, 2.45) is 5.92 Å². The van der Waals surface area contributed by atoms with Crippen molar-refractivity contribution in [3.63, 3.8) is 0 Å². The molecule has 2 N–H and O–H groups in total. The number of amides is 1. The second-order valence-electron chi connectivity index (χ2n) is 7.74. The van der Waals surface area contributed by atoms with Crippen LogP contribution in [0.4, 0.5) is 0 Å². The van der Waals surface area contributed by atoms with E-state index in [4.69, 9.17) is 0 Å². The molecule has 24 heavy (non-hydrogen) atoms. The lowest BCUT2D eigenvalue weighted by atomic mass is 9.89. The summed E-state index contributed by atoms with van der Waals surface area (Å²) in [7, 11) is 0. The van der Waals surface area contributed by atoms with Gasteiger partial charge in [-0.15, -0.1) is 0 Å². The lowest BCUT2D eigenvalue weighted by molar-refractivity contribution is -0.128. The molecule has 0 bridgehead atoms. The average Bonchev–Trinajstić information content (AvgIpc) is 3.22.